The molecule has 238 valence electrons. The highest BCUT2D eigenvalue weighted by Gasteiger charge is 2.30. The van der Waals surface area contributed by atoms with E-state index in [0.717, 1.165) is 0 Å². The van der Waals surface area contributed by atoms with Crippen molar-refractivity contribution in [3.8, 4) is 5.75 Å². The van der Waals surface area contributed by atoms with Gasteiger partial charge in [0.2, 0.25) is 23.6 Å². The Morgan fingerprint density at radius 1 is 0.727 bits per heavy atom. The highest BCUT2D eigenvalue weighted by atomic mass is 16.4. The molecule has 44 heavy (non-hydrogen) atoms. The monoisotopic (exact) mass is 612 g/mol. The highest BCUT2D eigenvalue weighted by molar-refractivity contribution is 5.94. The summed E-state index contributed by atoms with van der Waals surface area (Å²) in [7, 11) is 0. The summed E-state index contributed by atoms with van der Waals surface area (Å²) in [6, 6.07) is 9.81. The summed E-state index contributed by atoms with van der Waals surface area (Å²) < 4.78 is 0. The fourth-order valence-corrected chi connectivity index (χ4v) is 4.15. The van der Waals surface area contributed by atoms with Crippen LogP contribution < -0.4 is 38.9 Å². The third-order valence-electron chi connectivity index (χ3n) is 6.52. The van der Waals surface area contributed by atoms with E-state index in [9.17, 15) is 34.2 Å². The first-order valence-electron chi connectivity index (χ1n) is 13.9. The highest BCUT2D eigenvalue weighted by Crippen LogP contribution is 2.13. The van der Waals surface area contributed by atoms with Crippen molar-refractivity contribution in [3.63, 3.8) is 0 Å². The number of phenols is 1. The Morgan fingerprint density at radius 3 is 1.77 bits per heavy atom. The number of hydrogen-bond donors (Lipinski definition) is 9. The molecular formula is C29H40N8O7. The number of primary amides is 1. The molecule has 0 saturated heterocycles. The molecule has 2 aromatic carbocycles. The quantitative estimate of drug-likeness (QED) is 0.0526. The van der Waals surface area contributed by atoms with Crippen molar-refractivity contribution < 1.29 is 34.2 Å². The zero-order valence-corrected chi connectivity index (χ0v) is 24.1. The third kappa shape index (κ3) is 12.8. The average Bonchev–Trinajstić information content (AvgIpc) is 2.97. The lowest BCUT2D eigenvalue weighted by Crippen LogP contribution is -2.58. The normalized spacial score (nSPS) is 13.4. The number of nitrogens with zero attached hydrogens (tertiary/aromatic N) is 1. The molecule has 0 saturated carbocycles. The van der Waals surface area contributed by atoms with Crippen molar-refractivity contribution in [2.24, 2.45) is 27.9 Å². The zero-order chi connectivity index (χ0) is 32.6. The predicted octanol–water partition coefficient (Wildman–Crippen LogP) is -1.64. The molecule has 2 rings (SSSR count). The van der Waals surface area contributed by atoms with Crippen LogP contribution in [0.25, 0.3) is 0 Å². The van der Waals surface area contributed by atoms with Gasteiger partial charge in [-0.1, -0.05) is 42.5 Å². The minimum atomic E-state index is -1.31. The van der Waals surface area contributed by atoms with Gasteiger partial charge in [0.1, 0.15) is 23.9 Å². The Morgan fingerprint density at radius 2 is 1.25 bits per heavy atom. The van der Waals surface area contributed by atoms with E-state index in [1.54, 1.807) is 42.5 Å². The molecule has 0 heterocycles. The Bertz CT molecular complexity index is 1300. The first-order valence-corrected chi connectivity index (χ1v) is 13.9. The lowest BCUT2D eigenvalue weighted by Gasteiger charge is -2.25. The van der Waals surface area contributed by atoms with Crippen molar-refractivity contribution in [1.29, 1.82) is 0 Å². The Kier molecular flexibility index (Phi) is 14.1. The SMILES string of the molecule is NC(=O)CCC(N)C(=O)NC(Cc1ccccc1)C(=O)NC(Cc1ccc(O)cc1)C(=O)NC(CCCN=C(N)N)C(=O)O. The fraction of sp³-hybridized carbons (Fsp3) is 0.379. The number of nitrogens with two attached hydrogens (primary N) is 4. The van der Waals surface area contributed by atoms with Gasteiger partial charge in [-0.15, -0.1) is 0 Å². The maximum Gasteiger partial charge on any atom is 0.326 e. The van der Waals surface area contributed by atoms with Gasteiger partial charge < -0.3 is 49.1 Å². The van der Waals surface area contributed by atoms with E-state index in [1.807, 2.05) is 0 Å². The number of carboxylic acids is 1. The van der Waals surface area contributed by atoms with Crippen molar-refractivity contribution in [1.82, 2.24) is 16.0 Å². The minimum Gasteiger partial charge on any atom is -0.508 e. The number of carbonyl (C=O) groups is 5. The van der Waals surface area contributed by atoms with Gasteiger partial charge in [-0.2, -0.15) is 0 Å². The van der Waals surface area contributed by atoms with E-state index in [2.05, 4.69) is 20.9 Å². The number of carbonyl (C=O) groups excluding carboxylic acids is 4. The van der Waals surface area contributed by atoms with Gasteiger partial charge in [-0.05, 0) is 42.5 Å². The molecule has 0 aliphatic rings. The number of carboxylic acid groups (broad SMARTS) is 1. The second kappa shape index (κ2) is 17.7. The van der Waals surface area contributed by atoms with Gasteiger partial charge >= 0.3 is 5.97 Å². The molecule has 4 atom stereocenters. The van der Waals surface area contributed by atoms with Crippen LogP contribution in [0, 0.1) is 0 Å². The van der Waals surface area contributed by atoms with Gasteiger partial charge in [0.25, 0.3) is 0 Å². The second-order valence-corrected chi connectivity index (χ2v) is 10.1. The minimum absolute atomic E-state index is 0.00755. The van der Waals surface area contributed by atoms with Crippen LogP contribution >= 0.6 is 0 Å². The van der Waals surface area contributed by atoms with Crippen molar-refractivity contribution >= 4 is 35.6 Å². The molecule has 15 heteroatoms. The molecular weight excluding hydrogens is 572 g/mol. The van der Waals surface area contributed by atoms with Crippen LogP contribution in [-0.4, -0.2) is 76.5 Å². The Labute approximate surface area is 254 Å². The van der Waals surface area contributed by atoms with Crippen molar-refractivity contribution in [2.45, 2.75) is 62.7 Å². The molecule has 0 bridgehead atoms. The van der Waals surface area contributed by atoms with Crippen LogP contribution in [0.15, 0.2) is 59.6 Å². The Balaban J connectivity index is 2.29. The number of rotatable bonds is 18. The third-order valence-corrected chi connectivity index (χ3v) is 6.52. The number of nitrogens with one attached hydrogen (secondary N) is 3. The number of amides is 4. The maximum atomic E-state index is 13.6. The van der Waals surface area contributed by atoms with E-state index in [0.29, 0.717) is 11.1 Å². The van der Waals surface area contributed by atoms with Crippen molar-refractivity contribution in [3.05, 3.63) is 65.7 Å². The van der Waals surface area contributed by atoms with Crippen molar-refractivity contribution in [2.75, 3.05) is 6.54 Å². The fourth-order valence-electron chi connectivity index (χ4n) is 4.15. The van der Waals surface area contributed by atoms with Gasteiger partial charge in [0, 0.05) is 25.8 Å². The topological polar surface area (TPSA) is 278 Å². The summed E-state index contributed by atoms with van der Waals surface area (Å²) in [5.74, 6) is -4.31. The molecule has 0 aromatic heterocycles. The standard InChI is InChI=1S/C29H40N8O7/c30-20(12-13-24(31)39)25(40)36-22(15-17-5-2-1-3-6-17)27(42)37-23(16-18-8-10-19(38)11-9-18)26(41)35-21(28(43)44)7-4-14-34-29(32)33/h1-3,5-6,8-11,20-23,38H,4,7,12-16,30H2,(H2,31,39)(H,35,41)(H,36,40)(H,37,42)(H,43,44)(H4,32,33,34). The first kappa shape index (κ1) is 35.0. The summed E-state index contributed by atoms with van der Waals surface area (Å²) >= 11 is 0. The van der Waals surface area contributed by atoms with E-state index in [-0.39, 0.29) is 56.8 Å². The van der Waals surface area contributed by atoms with Crippen LogP contribution in [0.3, 0.4) is 0 Å². The molecule has 0 fully saturated rings. The molecule has 2 aromatic rings. The molecule has 0 aliphatic heterocycles. The summed E-state index contributed by atoms with van der Waals surface area (Å²) in [5.41, 5.74) is 22.9. The molecule has 15 nitrogen and oxygen atoms in total. The van der Waals surface area contributed by atoms with E-state index >= 15 is 0 Å². The number of aliphatic imine (C=N–C) groups is 1. The molecule has 0 radical (unpaired) electrons. The maximum absolute atomic E-state index is 13.6. The summed E-state index contributed by atoms with van der Waals surface area (Å²) in [6.45, 7) is 0.151. The Hall–Kier alpha value is -5.18. The lowest BCUT2D eigenvalue weighted by molar-refractivity contribution is -0.142. The van der Waals surface area contributed by atoms with Gasteiger partial charge in [-0.25, -0.2) is 4.79 Å². The zero-order valence-electron chi connectivity index (χ0n) is 24.1. The summed E-state index contributed by atoms with van der Waals surface area (Å²) in [5, 5.41) is 27.0. The average molecular weight is 613 g/mol. The van der Waals surface area contributed by atoms with Gasteiger partial charge in [-0.3, -0.25) is 24.2 Å². The number of aliphatic carboxylic acids is 1. The van der Waals surface area contributed by atoms with Crippen LogP contribution in [0.5, 0.6) is 5.75 Å². The van der Waals surface area contributed by atoms with E-state index < -0.39 is 53.8 Å². The largest absolute Gasteiger partial charge is 0.508 e. The molecule has 0 aliphatic carbocycles. The van der Waals surface area contributed by atoms with Crippen LogP contribution in [0.4, 0.5) is 0 Å². The smallest absolute Gasteiger partial charge is 0.326 e. The van der Waals surface area contributed by atoms with E-state index in [1.165, 1.54) is 12.1 Å². The number of aromatic hydroxyl groups is 1. The van der Waals surface area contributed by atoms with Gasteiger partial charge in [0.15, 0.2) is 5.96 Å². The molecule has 4 unspecified atom stereocenters. The van der Waals surface area contributed by atoms with E-state index in [4.69, 9.17) is 22.9 Å². The summed E-state index contributed by atoms with van der Waals surface area (Å²) in [6.07, 6.45) is 0.0699. The number of guanidine groups is 1. The second-order valence-electron chi connectivity index (χ2n) is 10.1. The number of phenolic OH excluding ortho intramolecular Hbond substituents is 1. The van der Waals surface area contributed by atoms with Crippen LogP contribution in [0.2, 0.25) is 0 Å². The van der Waals surface area contributed by atoms with Crippen LogP contribution in [-0.2, 0) is 36.8 Å². The number of benzene rings is 2. The van der Waals surface area contributed by atoms with Crippen LogP contribution in [0.1, 0.15) is 36.8 Å². The molecule has 4 amide bonds. The predicted molar refractivity (Wildman–Crippen MR) is 162 cm³/mol. The summed E-state index contributed by atoms with van der Waals surface area (Å²) in [4.78, 5) is 66.7. The number of hydrogen-bond acceptors (Lipinski definition) is 8. The van der Waals surface area contributed by atoms with Gasteiger partial charge in [0.05, 0.1) is 6.04 Å². The lowest BCUT2D eigenvalue weighted by atomic mass is 10.0. The molecule has 0 spiro atoms. The first-order chi connectivity index (χ1) is 20.8. The molecule has 13 N–H and O–H groups in total.